The number of rotatable bonds is 1. The fourth-order valence-corrected chi connectivity index (χ4v) is 0.763. The number of carbonyl (C=O) groups is 1. The Kier molecular flexibility index (Phi) is 2.80. The third-order valence-corrected chi connectivity index (χ3v) is 1.15. The highest BCUT2D eigenvalue weighted by molar-refractivity contribution is 7.96. The largest absolute Gasteiger partial charge is 0.294 e. The number of amides is 1. The van der Waals surface area contributed by atoms with Crippen LogP contribution in [0.3, 0.4) is 0 Å². The van der Waals surface area contributed by atoms with Crippen LogP contribution in [-0.2, 0) is 0 Å². The second kappa shape index (κ2) is 3.88. The minimum atomic E-state index is -0.388. The summed E-state index contributed by atoms with van der Waals surface area (Å²) in [6.07, 6.45) is 10.8. The molecule has 1 amide bonds. The maximum atomic E-state index is 10.4. The lowest BCUT2D eigenvalue weighted by atomic mass is 10.5. The molecule has 1 aliphatic heterocycles. The third-order valence-electron chi connectivity index (χ3n) is 1.05. The van der Waals surface area contributed by atoms with Gasteiger partial charge in [0.25, 0.3) is 5.24 Å². The number of allylic oxidation sites excluding steroid dienone is 4. The van der Waals surface area contributed by atoms with Crippen molar-refractivity contribution in [2.75, 3.05) is 0 Å². The summed E-state index contributed by atoms with van der Waals surface area (Å²) < 4.78 is 0. The summed E-state index contributed by atoms with van der Waals surface area (Å²) in [6.45, 7) is 0. The van der Waals surface area contributed by atoms with Crippen LogP contribution in [0, 0.1) is 0 Å². The van der Waals surface area contributed by atoms with Crippen LogP contribution in [0.4, 0.5) is 4.79 Å². The van der Waals surface area contributed by atoms with Gasteiger partial charge < -0.3 is 0 Å². The van der Waals surface area contributed by atoms with Gasteiger partial charge in [-0.3, -0.25) is 15.2 Å². The first kappa shape index (κ1) is 7.94. The highest BCUT2D eigenvalue weighted by atomic mass is 32.1. The van der Waals surface area contributed by atoms with Crippen molar-refractivity contribution in [1.82, 2.24) is 10.4 Å². The molecule has 11 heavy (non-hydrogen) atoms. The number of carbonyl (C=O) groups excluding carboxylic acids is 1. The molecular weight excluding hydrogens is 160 g/mol. The molecule has 1 heterocycles. The third kappa shape index (κ3) is 2.95. The molecule has 0 atom stereocenters. The Morgan fingerprint density at radius 2 is 1.73 bits per heavy atom. The molecule has 58 valence electrons. The molecule has 3 nitrogen and oxygen atoms in total. The molecule has 1 rings (SSSR count). The molecule has 0 saturated heterocycles. The summed E-state index contributed by atoms with van der Waals surface area (Å²) in [7, 11) is 0. The number of thiol groups is 1. The quantitative estimate of drug-likeness (QED) is 0.581. The van der Waals surface area contributed by atoms with Gasteiger partial charge in [0.1, 0.15) is 0 Å². The number of hydrogen-bond donors (Lipinski definition) is 2. The molecule has 0 aliphatic carbocycles. The maximum Gasteiger partial charge on any atom is 0.294 e. The van der Waals surface area contributed by atoms with E-state index in [1.165, 1.54) is 5.01 Å². The second-order valence-corrected chi connectivity index (χ2v) is 2.30. The van der Waals surface area contributed by atoms with Crippen LogP contribution in [-0.4, -0.2) is 10.2 Å². The Hall–Kier alpha value is -1.16. The Labute approximate surface area is 70.5 Å². The molecule has 1 N–H and O–H groups in total. The SMILES string of the molecule is O=C(S)NN1C=CC=CC=C1. The number of hydrazine groups is 1. The van der Waals surface area contributed by atoms with Crippen molar-refractivity contribution in [1.29, 1.82) is 0 Å². The van der Waals surface area contributed by atoms with E-state index in [9.17, 15) is 4.79 Å². The van der Waals surface area contributed by atoms with E-state index >= 15 is 0 Å². The van der Waals surface area contributed by atoms with Gasteiger partial charge in [0.2, 0.25) is 0 Å². The first-order valence-electron chi connectivity index (χ1n) is 3.08. The zero-order chi connectivity index (χ0) is 8.10. The number of nitrogens with one attached hydrogen (secondary N) is 1. The van der Waals surface area contributed by atoms with Crippen molar-refractivity contribution in [2.45, 2.75) is 0 Å². The molecule has 0 aromatic carbocycles. The van der Waals surface area contributed by atoms with Gasteiger partial charge in [-0.1, -0.05) is 24.8 Å². The molecule has 0 aromatic rings. The lowest BCUT2D eigenvalue weighted by Crippen LogP contribution is -2.30. The highest BCUT2D eigenvalue weighted by Gasteiger charge is 1.95. The van der Waals surface area contributed by atoms with Crippen LogP contribution in [0.2, 0.25) is 0 Å². The monoisotopic (exact) mass is 168 g/mol. The topological polar surface area (TPSA) is 32.3 Å². The summed E-state index contributed by atoms with van der Waals surface area (Å²) in [5, 5.41) is 1.14. The van der Waals surface area contributed by atoms with Gasteiger partial charge in [-0.15, -0.1) is 0 Å². The van der Waals surface area contributed by atoms with Crippen molar-refractivity contribution < 1.29 is 4.79 Å². The number of hydrogen-bond acceptors (Lipinski definition) is 2. The predicted octanol–water partition coefficient (Wildman–Crippen LogP) is 1.44. The van der Waals surface area contributed by atoms with Crippen molar-refractivity contribution in [2.24, 2.45) is 0 Å². The van der Waals surface area contributed by atoms with E-state index in [0.717, 1.165) is 0 Å². The smallest absolute Gasteiger partial charge is 0.268 e. The average molecular weight is 168 g/mol. The molecule has 0 unspecified atom stereocenters. The first-order valence-corrected chi connectivity index (χ1v) is 3.53. The zero-order valence-electron chi connectivity index (χ0n) is 5.77. The van der Waals surface area contributed by atoms with E-state index in [0.29, 0.717) is 0 Å². The van der Waals surface area contributed by atoms with Crippen LogP contribution < -0.4 is 5.43 Å². The van der Waals surface area contributed by atoms with Gasteiger partial charge in [0.15, 0.2) is 0 Å². The van der Waals surface area contributed by atoms with Gasteiger partial charge in [0.05, 0.1) is 0 Å². The van der Waals surface area contributed by atoms with E-state index in [1.54, 1.807) is 12.4 Å². The van der Waals surface area contributed by atoms with Gasteiger partial charge in [-0.25, -0.2) is 0 Å². The first-order chi connectivity index (χ1) is 5.29. The van der Waals surface area contributed by atoms with Crippen molar-refractivity contribution >= 4 is 17.9 Å². The molecule has 0 aromatic heterocycles. The van der Waals surface area contributed by atoms with Crippen LogP contribution in [0.15, 0.2) is 36.7 Å². The molecule has 0 spiro atoms. The van der Waals surface area contributed by atoms with E-state index in [2.05, 4.69) is 18.1 Å². The summed E-state index contributed by atoms with van der Waals surface area (Å²) >= 11 is 3.56. The summed E-state index contributed by atoms with van der Waals surface area (Å²) in [4.78, 5) is 10.4. The minimum Gasteiger partial charge on any atom is -0.268 e. The van der Waals surface area contributed by atoms with Gasteiger partial charge in [0, 0.05) is 12.4 Å². The van der Waals surface area contributed by atoms with E-state index < -0.39 is 0 Å². The van der Waals surface area contributed by atoms with Crippen LogP contribution in [0.1, 0.15) is 0 Å². The molecule has 1 aliphatic rings. The molecule has 0 saturated carbocycles. The van der Waals surface area contributed by atoms with E-state index in [-0.39, 0.29) is 5.24 Å². The Bertz CT molecular complexity index is 217. The normalized spacial score (nSPS) is 14.8. The average Bonchev–Trinajstić information content (AvgIpc) is 2.14. The summed E-state index contributed by atoms with van der Waals surface area (Å²) in [5.41, 5.74) is 2.47. The van der Waals surface area contributed by atoms with Gasteiger partial charge in [-0.05, 0) is 12.2 Å². The molecule has 0 bridgehead atoms. The molecule has 0 fully saturated rings. The molecular formula is C7H8N2OS. The predicted molar refractivity (Wildman–Crippen MR) is 46.8 cm³/mol. The van der Waals surface area contributed by atoms with Crippen LogP contribution in [0.5, 0.6) is 0 Å². The summed E-state index contributed by atoms with van der Waals surface area (Å²) in [5.74, 6) is 0. The van der Waals surface area contributed by atoms with Gasteiger partial charge in [-0.2, -0.15) is 0 Å². The Morgan fingerprint density at radius 3 is 2.18 bits per heavy atom. The lowest BCUT2D eigenvalue weighted by molar-refractivity contribution is 0.246. The Morgan fingerprint density at radius 1 is 1.18 bits per heavy atom. The standard InChI is InChI=1S/C7H8N2OS/c10-7(11)8-9-5-3-1-2-4-6-9/h1-6H,(H2,8,10,11). The van der Waals surface area contributed by atoms with E-state index in [4.69, 9.17) is 0 Å². The fraction of sp³-hybridized carbons (Fsp3) is 0. The number of nitrogens with zero attached hydrogens (tertiary/aromatic N) is 1. The molecule has 0 radical (unpaired) electrons. The molecule has 4 heteroatoms. The van der Waals surface area contributed by atoms with Crippen molar-refractivity contribution in [3.05, 3.63) is 36.7 Å². The van der Waals surface area contributed by atoms with Gasteiger partial charge >= 0.3 is 0 Å². The highest BCUT2D eigenvalue weighted by Crippen LogP contribution is 1.94. The second-order valence-electron chi connectivity index (χ2n) is 1.89. The lowest BCUT2D eigenvalue weighted by Gasteiger charge is -2.13. The van der Waals surface area contributed by atoms with Crippen LogP contribution in [0.25, 0.3) is 0 Å². The van der Waals surface area contributed by atoms with Crippen molar-refractivity contribution in [3.63, 3.8) is 0 Å². The fourth-order valence-electron chi connectivity index (χ4n) is 0.648. The Balaban J connectivity index is 2.53. The maximum absolute atomic E-state index is 10.4. The zero-order valence-corrected chi connectivity index (χ0v) is 6.66. The summed E-state index contributed by atoms with van der Waals surface area (Å²) in [6, 6.07) is 0. The van der Waals surface area contributed by atoms with Crippen LogP contribution >= 0.6 is 12.6 Å². The minimum absolute atomic E-state index is 0.388. The van der Waals surface area contributed by atoms with Crippen molar-refractivity contribution in [3.8, 4) is 0 Å². The van der Waals surface area contributed by atoms with E-state index in [1.807, 2.05) is 24.3 Å².